The molecule has 1 aliphatic heterocycles. The second-order valence-corrected chi connectivity index (χ2v) is 5.78. The second kappa shape index (κ2) is 5.38. The van der Waals surface area contributed by atoms with Gasteiger partial charge in [0.2, 0.25) is 5.95 Å². The smallest absolute Gasteiger partial charge is 0.257 e. The number of fused-ring (bicyclic) bond motifs is 1. The number of nitrogens with one attached hydrogen (secondary N) is 1. The molecule has 1 aliphatic rings. The highest BCUT2D eigenvalue weighted by Gasteiger charge is 2.21. The van der Waals surface area contributed by atoms with Crippen molar-refractivity contribution in [1.29, 1.82) is 0 Å². The van der Waals surface area contributed by atoms with Gasteiger partial charge in [-0.3, -0.25) is 14.7 Å². The molecule has 0 radical (unpaired) electrons. The number of anilines is 1. The number of H-pyrrole nitrogens is 1. The molecule has 3 N–H and O–H groups in total. The van der Waals surface area contributed by atoms with Crippen molar-refractivity contribution in [2.24, 2.45) is 0 Å². The molecule has 20 heavy (non-hydrogen) atoms. The van der Waals surface area contributed by atoms with E-state index in [1.165, 1.54) is 5.56 Å². The van der Waals surface area contributed by atoms with Gasteiger partial charge in [0.15, 0.2) is 0 Å². The molecule has 2 heterocycles. The molecule has 1 aromatic heterocycles. The number of nitrogens with zero attached hydrogens (tertiary/aromatic N) is 2. The van der Waals surface area contributed by atoms with Crippen LogP contribution in [0.1, 0.15) is 16.8 Å². The van der Waals surface area contributed by atoms with Gasteiger partial charge in [-0.2, -0.15) is 0 Å². The number of aromatic nitrogens is 2. The minimum Gasteiger partial charge on any atom is -0.369 e. The van der Waals surface area contributed by atoms with Crippen LogP contribution in [0.25, 0.3) is 0 Å². The molecule has 2 aromatic rings. The Morgan fingerprint density at radius 2 is 2.20 bits per heavy atom. The predicted octanol–water partition coefficient (Wildman–Crippen LogP) is 1.67. The van der Waals surface area contributed by atoms with Crippen molar-refractivity contribution >= 4 is 21.9 Å². The summed E-state index contributed by atoms with van der Waals surface area (Å²) in [7, 11) is 0. The monoisotopic (exact) mass is 334 g/mol. The minimum absolute atomic E-state index is 0.121. The van der Waals surface area contributed by atoms with Gasteiger partial charge in [-0.1, -0.05) is 34.1 Å². The van der Waals surface area contributed by atoms with Crippen LogP contribution in [0.3, 0.4) is 0 Å². The van der Waals surface area contributed by atoms with Crippen LogP contribution >= 0.6 is 15.9 Å². The number of hydrogen-bond donors (Lipinski definition) is 2. The fraction of sp³-hybridized carbons (Fsp3) is 0.286. The Bertz CT molecular complexity index is 698. The lowest BCUT2D eigenvalue weighted by atomic mass is 10.1. The number of nitrogen functional groups attached to an aromatic ring is 1. The SMILES string of the molecule is Nc1nc2c(c(=O)[nH]1)CN(Cc1ccccc1Br)CC2. The summed E-state index contributed by atoms with van der Waals surface area (Å²) in [5.74, 6) is 0.202. The molecule has 0 fully saturated rings. The first kappa shape index (κ1) is 13.3. The molecule has 0 unspecified atom stereocenters. The third kappa shape index (κ3) is 2.62. The molecule has 3 rings (SSSR count). The maximum Gasteiger partial charge on any atom is 0.257 e. The zero-order chi connectivity index (χ0) is 14.1. The molecular weight excluding hydrogens is 320 g/mol. The first-order valence-electron chi connectivity index (χ1n) is 6.47. The summed E-state index contributed by atoms with van der Waals surface area (Å²) < 4.78 is 1.09. The Kier molecular flexibility index (Phi) is 3.58. The van der Waals surface area contributed by atoms with Crippen LogP contribution in [-0.2, 0) is 19.5 Å². The number of hydrogen-bond acceptors (Lipinski definition) is 4. The summed E-state index contributed by atoms with van der Waals surface area (Å²) >= 11 is 3.56. The highest BCUT2D eigenvalue weighted by molar-refractivity contribution is 9.10. The Morgan fingerprint density at radius 3 is 3.00 bits per heavy atom. The Morgan fingerprint density at radius 1 is 1.40 bits per heavy atom. The average molecular weight is 335 g/mol. The number of nitrogens with two attached hydrogens (primary N) is 1. The van der Waals surface area contributed by atoms with Crippen molar-refractivity contribution in [3.05, 3.63) is 55.9 Å². The molecule has 0 aliphatic carbocycles. The molecule has 0 amide bonds. The number of halogens is 1. The Labute approximate surface area is 125 Å². The van der Waals surface area contributed by atoms with Crippen LogP contribution in [0.5, 0.6) is 0 Å². The van der Waals surface area contributed by atoms with Crippen molar-refractivity contribution in [1.82, 2.24) is 14.9 Å². The van der Waals surface area contributed by atoms with Crippen molar-refractivity contribution in [3.8, 4) is 0 Å². The molecular formula is C14H15BrN4O. The van der Waals surface area contributed by atoms with Crippen LogP contribution < -0.4 is 11.3 Å². The normalized spacial score (nSPS) is 15.1. The van der Waals surface area contributed by atoms with Crippen LogP contribution in [-0.4, -0.2) is 21.4 Å². The number of benzene rings is 1. The van der Waals surface area contributed by atoms with E-state index < -0.39 is 0 Å². The van der Waals surface area contributed by atoms with Crippen molar-refractivity contribution in [2.45, 2.75) is 19.5 Å². The van der Waals surface area contributed by atoms with Gasteiger partial charge < -0.3 is 5.73 Å². The van der Waals surface area contributed by atoms with E-state index in [0.717, 1.165) is 35.2 Å². The number of aromatic amines is 1. The highest BCUT2D eigenvalue weighted by Crippen LogP contribution is 2.21. The summed E-state index contributed by atoms with van der Waals surface area (Å²) in [6.45, 7) is 2.30. The molecule has 0 saturated heterocycles. The third-order valence-corrected chi connectivity index (χ3v) is 4.29. The van der Waals surface area contributed by atoms with E-state index in [0.29, 0.717) is 6.54 Å². The summed E-state index contributed by atoms with van der Waals surface area (Å²) in [5.41, 5.74) is 8.23. The molecule has 6 heteroatoms. The fourth-order valence-corrected chi connectivity index (χ4v) is 2.91. The van der Waals surface area contributed by atoms with Gasteiger partial charge in [-0.25, -0.2) is 4.98 Å². The zero-order valence-corrected chi connectivity index (χ0v) is 12.5. The van der Waals surface area contributed by atoms with Gasteiger partial charge >= 0.3 is 0 Å². The van der Waals surface area contributed by atoms with Crippen LogP contribution in [0.4, 0.5) is 5.95 Å². The van der Waals surface area contributed by atoms with Crippen molar-refractivity contribution in [3.63, 3.8) is 0 Å². The van der Waals surface area contributed by atoms with Crippen molar-refractivity contribution < 1.29 is 0 Å². The van der Waals surface area contributed by atoms with Gasteiger partial charge in [0.1, 0.15) is 0 Å². The summed E-state index contributed by atoms with van der Waals surface area (Å²) in [5, 5.41) is 0. The van der Waals surface area contributed by atoms with E-state index in [2.05, 4.69) is 36.9 Å². The molecule has 0 spiro atoms. The molecule has 5 nitrogen and oxygen atoms in total. The highest BCUT2D eigenvalue weighted by atomic mass is 79.9. The molecule has 0 atom stereocenters. The largest absolute Gasteiger partial charge is 0.369 e. The molecule has 0 saturated carbocycles. The standard InChI is InChI=1S/C14H15BrN4O/c15-11-4-2-1-3-9(11)7-19-6-5-12-10(8-19)13(20)18-14(16)17-12/h1-4H,5-8H2,(H3,16,17,18,20). The Hall–Kier alpha value is -1.66. The van der Waals surface area contributed by atoms with Crippen LogP contribution in [0, 0.1) is 0 Å². The topological polar surface area (TPSA) is 75.0 Å². The third-order valence-electron chi connectivity index (χ3n) is 3.52. The van der Waals surface area contributed by atoms with Crippen molar-refractivity contribution in [2.75, 3.05) is 12.3 Å². The van der Waals surface area contributed by atoms with Gasteiger partial charge in [0.25, 0.3) is 5.56 Å². The summed E-state index contributed by atoms with van der Waals surface area (Å²) in [6, 6.07) is 8.14. The van der Waals surface area contributed by atoms with Crippen LogP contribution in [0.15, 0.2) is 33.5 Å². The lowest BCUT2D eigenvalue weighted by Gasteiger charge is -2.27. The van der Waals surface area contributed by atoms with E-state index in [1.807, 2.05) is 18.2 Å². The maximum absolute atomic E-state index is 11.9. The average Bonchev–Trinajstić information content (AvgIpc) is 2.42. The minimum atomic E-state index is -0.121. The predicted molar refractivity (Wildman–Crippen MR) is 81.2 cm³/mol. The van der Waals surface area contributed by atoms with E-state index in [4.69, 9.17) is 5.73 Å². The first-order chi connectivity index (χ1) is 9.63. The first-order valence-corrected chi connectivity index (χ1v) is 7.26. The second-order valence-electron chi connectivity index (χ2n) is 4.93. The lowest BCUT2D eigenvalue weighted by molar-refractivity contribution is 0.241. The molecule has 1 aromatic carbocycles. The van der Waals surface area contributed by atoms with Gasteiger partial charge in [0.05, 0.1) is 11.3 Å². The number of rotatable bonds is 2. The Balaban J connectivity index is 1.83. The van der Waals surface area contributed by atoms with Gasteiger partial charge in [-0.05, 0) is 11.6 Å². The lowest BCUT2D eigenvalue weighted by Crippen LogP contribution is -2.35. The van der Waals surface area contributed by atoms with E-state index in [1.54, 1.807) is 0 Å². The van der Waals surface area contributed by atoms with E-state index in [-0.39, 0.29) is 11.5 Å². The summed E-state index contributed by atoms with van der Waals surface area (Å²) in [6.07, 6.45) is 0.758. The zero-order valence-electron chi connectivity index (χ0n) is 10.9. The van der Waals surface area contributed by atoms with E-state index >= 15 is 0 Å². The van der Waals surface area contributed by atoms with Gasteiger partial charge in [0, 0.05) is 30.5 Å². The summed E-state index contributed by atoms with van der Waals surface area (Å²) in [4.78, 5) is 21.0. The fourth-order valence-electron chi connectivity index (χ4n) is 2.50. The van der Waals surface area contributed by atoms with E-state index in [9.17, 15) is 4.79 Å². The maximum atomic E-state index is 11.9. The quantitative estimate of drug-likeness (QED) is 0.876. The van der Waals surface area contributed by atoms with Crippen LogP contribution in [0.2, 0.25) is 0 Å². The van der Waals surface area contributed by atoms with Gasteiger partial charge in [-0.15, -0.1) is 0 Å². The molecule has 104 valence electrons. The molecule has 0 bridgehead atoms.